The maximum absolute atomic E-state index is 12.8. The van der Waals surface area contributed by atoms with Crippen molar-refractivity contribution in [3.05, 3.63) is 29.5 Å². The fraction of sp³-hybridized carbons (Fsp3) is 0.429. The molecule has 0 saturated heterocycles. The Morgan fingerprint density at radius 3 is 2.73 bits per heavy atom. The number of alkyl halides is 3. The molecule has 118 valence electrons. The van der Waals surface area contributed by atoms with Crippen LogP contribution in [-0.4, -0.2) is 32.9 Å². The van der Waals surface area contributed by atoms with Crippen LogP contribution in [0.2, 0.25) is 0 Å². The third-order valence-corrected chi connectivity index (χ3v) is 4.02. The van der Waals surface area contributed by atoms with Crippen molar-refractivity contribution in [2.45, 2.75) is 37.6 Å². The number of hydrogen-bond donors (Lipinski definition) is 3. The van der Waals surface area contributed by atoms with Gasteiger partial charge in [-0.05, 0) is 38.0 Å². The van der Waals surface area contributed by atoms with Crippen molar-refractivity contribution in [2.24, 2.45) is 0 Å². The maximum Gasteiger partial charge on any atom is 0.416 e. The van der Waals surface area contributed by atoms with Crippen LogP contribution in [0, 0.1) is 0 Å². The number of aromatic nitrogens is 2. The summed E-state index contributed by atoms with van der Waals surface area (Å²) in [5.74, 6) is -0.613. The zero-order valence-corrected chi connectivity index (χ0v) is 11.7. The van der Waals surface area contributed by atoms with Gasteiger partial charge in [-0.2, -0.15) is 18.3 Å². The van der Waals surface area contributed by atoms with Gasteiger partial charge in [0.05, 0.1) is 22.7 Å². The Morgan fingerprint density at radius 2 is 2.14 bits per heavy atom. The van der Waals surface area contributed by atoms with Crippen molar-refractivity contribution < 1.29 is 23.1 Å². The number of fused-ring (bicyclic) bond motifs is 1. The van der Waals surface area contributed by atoms with Crippen LogP contribution in [0.3, 0.4) is 0 Å². The molecule has 1 aliphatic carbocycles. The number of aromatic amines is 1. The summed E-state index contributed by atoms with van der Waals surface area (Å²) in [7, 11) is 0. The van der Waals surface area contributed by atoms with Gasteiger partial charge in [-0.15, -0.1) is 0 Å². The first-order valence-electron chi connectivity index (χ1n) is 6.79. The lowest BCUT2D eigenvalue weighted by molar-refractivity contribution is -0.137. The molecule has 0 bridgehead atoms. The zero-order valence-electron chi connectivity index (χ0n) is 11.7. The molecule has 1 aromatic carbocycles. The number of nitrogens with one attached hydrogen (secondary N) is 2. The van der Waals surface area contributed by atoms with E-state index in [0.717, 1.165) is 12.1 Å². The molecular weight excluding hydrogens is 299 g/mol. The molecule has 1 atom stereocenters. The molecule has 1 saturated carbocycles. The van der Waals surface area contributed by atoms with Gasteiger partial charge in [-0.1, -0.05) is 0 Å². The van der Waals surface area contributed by atoms with Gasteiger partial charge in [0, 0.05) is 5.39 Å². The molecule has 22 heavy (non-hydrogen) atoms. The number of carbonyl (C=O) groups excluding carboxylic acids is 1. The molecular formula is C14H14F3N3O2. The lowest BCUT2D eigenvalue weighted by atomic mass is 10.1. The van der Waals surface area contributed by atoms with Crippen LogP contribution >= 0.6 is 0 Å². The first-order valence-corrected chi connectivity index (χ1v) is 6.79. The molecule has 1 fully saturated rings. The summed E-state index contributed by atoms with van der Waals surface area (Å²) in [5, 5.41) is 18.9. The Kier molecular flexibility index (Phi) is 3.17. The molecule has 2 aromatic rings. The van der Waals surface area contributed by atoms with Crippen molar-refractivity contribution in [1.29, 1.82) is 0 Å². The van der Waals surface area contributed by atoms with Gasteiger partial charge in [0.1, 0.15) is 0 Å². The minimum Gasteiger partial charge on any atom is -0.388 e. The van der Waals surface area contributed by atoms with E-state index >= 15 is 0 Å². The third kappa shape index (κ3) is 2.54. The maximum atomic E-state index is 12.8. The highest BCUT2D eigenvalue weighted by Crippen LogP contribution is 2.38. The predicted molar refractivity (Wildman–Crippen MR) is 72.2 cm³/mol. The van der Waals surface area contributed by atoms with E-state index in [1.165, 1.54) is 6.07 Å². The van der Waals surface area contributed by atoms with E-state index in [1.807, 2.05) is 0 Å². The molecule has 0 aliphatic heterocycles. The van der Waals surface area contributed by atoms with E-state index in [0.29, 0.717) is 18.4 Å². The lowest BCUT2D eigenvalue weighted by Gasteiger charge is -2.18. The molecule has 0 radical (unpaired) electrons. The minimum atomic E-state index is -4.49. The van der Waals surface area contributed by atoms with Crippen LogP contribution in [0.1, 0.15) is 35.8 Å². The van der Waals surface area contributed by atoms with Gasteiger partial charge in [0.15, 0.2) is 5.69 Å². The molecule has 3 N–H and O–H groups in total. The van der Waals surface area contributed by atoms with Gasteiger partial charge in [-0.3, -0.25) is 9.89 Å². The summed E-state index contributed by atoms with van der Waals surface area (Å²) in [6, 6.07) is 2.57. The highest BCUT2D eigenvalue weighted by molar-refractivity contribution is 6.05. The molecule has 0 unspecified atom stereocenters. The zero-order chi connectivity index (χ0) is 16.1. The largest absolute Gasteiger partial charge is 0.416 e. The molecule has 1 heterocycles. The van der Waals surface area contributed by atoms with Crippen molar-refractivity contribution >= 4 is 16.8 Å². The molecule has 1 amide bonds. The lowest BCUT2D eigenvalue weighted by Crippen LogP contribution is -2.42. The summed E-state index contributed by atoms with van der Waals surface area (Å²) >= 11 is 0. The van der Waals surface area contributed by atoms with E-state index < -0.39 is 29.3 Å². The number of amides is 1. The molecule has 5 nitrogen and oxygen atoms in total. The highest BCUT2D eigenvalue weighted by Gasteiger charge is 2.46. The number of aliphatic hydroxyl groups is 1. The average Bonchev–Trinajstić information content (AvgIpc) is 3.04. The molecule has 1 aromatic heterocycles. The van der Waals surface area contributed by atoms with Crippen LogP contribution in [0.5, 0.6) is 0 Å². The van der Waals surface area contributed by atoms with Crippen LogP contribution in [0.15, 0.2) is 18.2 Å². The smallest absolute Gasteiger partial charge is 0.388 e. The topological polar surface area (TPSA) is 78.0 Å². The highest BCUT2D eigenvalue weighted by atomic mass is 19.4. The SMILES string of the molecule is C[C@H](NC(=O)c1n[nH]c2ccc(C(F)(F)F)cc12)C1(O)CC1. The van der Waals surface area contributed by atoms with Crippen LogP contribution in [0.25, 0.3) is 10.9 Å². The second-order valence-electron chi connectivity index (χ2n) is 5.63. The number of benzene rings is 1. The Balaban J connectivity index is 1.91. The number of H-pyrrole nitrogens is 1. The monoisotopic (exact) mass is 313 g/mol. The van der Waals surface area contributed by atoms with Gasteiger partial charge in [0.2, 0.25) is 0 Å². The number of nitrogens with zero attached hydrogens (tertiary/aromatic N) is 1. The standard InChI is InChI=1S/C14H14F3N3O2/c1-7(13(22)4-5-13)18-12(21)11-9-6-8(14(15,16)17)2-3-10(9)19-20-11/h2-3,6-7,22H,4-5H2,1H3,(H,18,21)(H,19,20)/t7-/m0/s1. The predicted octanol–water partition coefficient (Wildman–Crippen LogP) is 2.22. The number of carbonyl (C=O) groups is 1. The minimum absolute atomic E-state index is 0.0994. The fourth-order valence-electron chi connectivity index (χ4n) is 2.32. The van der Waals surface area contributed by atoms with Crippen LogP contribution < -0.4 is 5.32 Å². The summed E-state index contributed by atoms with van der Waals surface area (Å²) in [6.07, 6.45) is -3.31. The van der Waals surface area contributed by atoms with E-state index in [2.05, 4.69) is 15.5 Å². The van der Waals surface area contributed by atoms with E-state index in [-0.39, 0.29) is 11.1 Å². The molecule has 3 rings (SSSR count). The van der Waals surface area contributed by atoms with Crippen molar-refractivity contribution in [1.82, 2.24) is 15.5 Å². The fourth-order valence-corrected chi connectivity index (χ4v) is 2.32. The van der Waals surface area contributed by atoms with Crippen molar-refractivity contribution in [3.63, 3.8) is 0 Å². The summed E-state index contributed by atoms with van der Waals surface area (Å²) in [6.45, 7) is 1.65. The van der Waals surface area contributed by atoms with Gasteiger partial charge in [-0.25, -0.2) is 0 Å². The third-order valence-electron chi connectivity index (χ3n) is 4.02. The van der Waals surface area contributed by atoms with Crippen molar-refractivity contribution in [2.75, 3.05) is 0 Å². The van der Waals surface area contributed by atoms with E-state index in [4.69, 9.17) is 0 Å². The number of hydrogen-bond acceptors (Lipinski definition) is 3. The second-order valence-corrected chi connectivity index (χ2v) is 5.63. The van der Waals surface area contributed by atoms with Crippen LogP contribution in [-0.2, 0) is 6.18 Å². The first kappa shape index (κ1) is 14.8. The van der Waals surface area contributed by atoms with E-state index in [9.17, 15) is 23.1 Å². The second kappa shape index (κ2) is 4.70. The Hall–Kier alpha value is -2.09. The summed E-state index contributed by atoms with van der Waals surface area (Å²) in [5.41, 5.74) is -1.53. The molecule has 0 spiro atoms. The molecule has 1 aliphatic rings. The Morgan fingerprint density at radius 1 is 1.45 bits per heavy atom. The molecule has 8 heteroatoms. The van der Waals surface area contributed by atoms with Gasteiger partial charge < -0.3 is 10.4 Å². The van der Waals surface area contributed by atoms with Gasteiger partial charge >= 0.3 is 6.18 Å². The normalized spacial score (nSPS) is 18.2. The quantitative estimate of drug-likeness (QED) is 0.813. The summed E-state index contributed by atoms with van der Waals surface area (Å²) in [4.78, 5) is 12.2. The average molecular weight is 313 g/mol. The summed E-state index contributed by atoms with van der Waals surface area (Å²) < 4.78 is 38.3. The number of halogens is 3. The van der Waals surface area contributed by atoms with Crippen molar-refractivity contribution in [3.8, 4) is 0 Å². The number of rotatable bonds is 3. The Bertz CT molecular complexity index is 734. The first-order chi connectivity index (χ1) is 10.2. The van der Waals surface area contributed by atoms with E-state index in [1.54, 1.807) is 6.92 Å². The van der Waals surface area contributed by atoms with Crippen LogP contribution in [0.4, 0.5) is 13.2 Å². The Labute approximate surface area is 123 Å². The van der Waals surface area contributed by atoms with Gasteiger partial charge in [0.25, 0.3) is 5.91 Å².